The molecular weight excluding hydrogens is 426 g/mol. The second-order valence-electron chi connectivity index (χ2n) is 9.30. The third kappa shape index (κ3) is 6.55. The molecular formula is C26H37N7O. The number of aromatic nitrogens is 4. The molecule has 2 heterocycles. The van der Waals surface area contributed by atoms with E-state index in [2.05, 4.69) is 56.3 Å². The lowest BCUT2D eigenvalue weighted by molar-refractivity contribution is 0.0721. The highest BCUT2D eigenvalue weighted by Crippen LogP contribution is 2.23. The average molecular weight is 464 g/mol. The van der Waals surface area contributed by atoms with Crippen molar-refractivity contribution in [2.45, 2.75) is 70.7 Å². The standard InChI is InChI=1S/C26H37N7O/c1-3-16-32(2)23-10-8-22(9-11-23)31-17-20-4-6-21(7-5-20)26(34)33(18-24-27-12-13-28-24)19-25-29-14-15-30-25/h4-7,12-15,22-23,31H,3,8-11,16-19H2,1-2H3,(H,27,28)(H,29,30). The lowest BCUT2D eigenvalue weighted by atomic mass is 9.90. The first-order chi connectivity index (χ1) is 16.6. The molecule has 8 heteroatoms. The van der Waals surface area contributed by atoms with Crippen molar-refractivity contribution in [3.63, 3.8) is 0 Å². The van der Waals surface area contributed by atoms with Gasteiger partial charge in [-0.25, -0.2) is 9.97 Å². The summed E-state index contributed by atoms with van der Waals surface area (Å²) in [5.74, 6) is 1.45. The first-order valence-electron chi connectivity index (χ1n) is 12.4. The number of nitrogens with zero attached hydrogens (tertiary/aromatic N) is 4. The van der Waals surface area contributed by atoms with E-state index in [1.165, 1.54) is 44.2 Å². The molecule has 1 aromatic carbocycles. The SMILES string of the molecule is CCCN(C)C1CCC(NCc2ccc(C(=O)N(Cc3ncc[nH]3)Cc3ncc[nH]3)cc2)CC1. The molecule has 1 saturated carbocycles. The number of nitrogens with one attached hydrogen (secondary N) is 3. The highest BCUT2D eigenvalue weighted by atomic mass is 16.2. The largest absolute Gasteiger partial charge is 0.347 e. The van der Waals surface area contributed by atoms with E-state index in [1.54, 1.807) is 29.7 Å². The van der Waals surface area contributed by atoms with Crippen LogP contribution in [0.2, 0.25) is 0 Å². The van der Waals surface area contributed by atoms with Crippen molar-refractivity contribution in [1.82, 2.24) is 35.1 Å². The number of benzene rings is 1. The number of H-pyrrole nitrogens is 2. The van der Waals surface area contributed by atoms with Gasteiger partial charge in [0.1, 0.15) is 11.6 Å². The average Bonchev–Trinajstić information content (AvgIpc) is 3.57. The summed E-state index contributed by atoms with van der Waals surface area (Å²) in [4.78, 5) is 32.3. The van der Waals surface area contributed by atoms with Gasteiger partial charge in [0.05, 0.1) is 13.1 Å². The van der Waals surface area contributed by atoms with Crippen LogP contribution in [0.1, 0.15) is 66.6 Å². The molecule has 0 saturated heterocycles. The zero-order chi connectivity index (χ0) is 23.8. The highest BCUT2D eigenvalue weighted by Gasteiger charge is 2.23. The third-order valence-corrected chi connectivity index (χ3v) is 6.77. The van der Waals surface area contributed by atoms with E-state index in [1.807, 2.05) is 12.1 Å². The van der Waals surface area contributed by atoms with Gasteiger partial charge in [-0.1, -0.05) is 19.1 Å². The molecule has 1 amide bonds. The molecule has 1 fully saturated rings. The van der Waals surface area contributed by atoms with E-state index < -0.39 is 0 Å². The van der Waals surface area contributed by atoms with Crippen molar-refractivity contribution in [2.75, 3.05) is 13.6 Å². The maximum absolute atomic E-state index is 13.3. The van der Waals surface area contributed by atoms with E-state index in [4.69, 9.17) is 0 Å². The molecule has 0 radical (unpaired) electrons. The first-order valence-corrected chi connectivity index (χ1v) is 12.4. The molecule has 0 spiro atoms. The summed E-state index contributed by atoms with van der Waals surface area (Å²) in [5, 5.41) is 3.72. The summed E-state index contributed by atoms with van der Waals surface area (Å²) in [7, 11) is 2.26. The Hall–Kier alpha value is -2.97. The van der Waals surface area contributed by atoms with Gasteiger partial charge in [0, 0.05) is 49.0 Å². The Balaban J connectivity index is 1.30. The van der Waals surface area contributed by atoms with Crippen LogP contribution in [0.25, 0.3) is 0 Å². The van der Waals surface area contributed by atoms with Gasteiger partial charge in [0.25, 0.3) is 5.91 Å². The molecule has 182 valence electrons. The zero-order valence-electron chi connectivity index (χ0n) is 20.3. The van der Waals surface area contributed by atoms with E-state index in [9.17, 15) is 4.79 Å². The second-order valence-corrected chi connectivity index (χ2v) is 9.30. The smallest absolute Gasteiger partial charge is 0.254 e. The predicted octanol–water partition coefficient (Wildman–Crippen LogP) is 3.72. The van der Waals surface area contributed by atoms with Crippen molar-refractivity contribution < 1.29 is 4.79 Å². The number of hydrogen-bond donors (Lipinski definition) is 3. The zero-order valence-corrected chi connectivity index (χ0v) is 20.3. The van der Waals surface area contributed by atoms with Crippen molar-refractivity contribution in [1.29, 1.82) is 0 Å². The van der Waals surface area contributed by atoms with Crippen LogP contribution in [0, 0.1) is 0 Å². The Labute approximate surface area is 202 Å². The van der Waals surface area contributed by atoms with Gasteiger partial charge in [0.2, 0.25) is 0 Å². The number of amides is 1. The molecule has 0 aliphatic heterocycles. The molecule has 1 aliphatic rings. The minimum Gasteiger partial charge on any atom is -0.347 e. The Kier molecular flexibility index (Phi) is 8.49. The molecule has 8 nitrogen and oxygen atoms in total. The molecule has 4 rings (SSSR count). The van der Waals surface area contributed by atoms with Gasteiger partial charge >= 0.3 is 0 Å². The Morgan fingerprint density at radius 3 is 2.15 bits per heavy atom. The normalized spacial score (nSPS) is 18.3. The monoisotopic (exact) mass is 463 g/mol. The molecule has 3 N–H and O–H groups in total. The van der Waals surface area contributed by atoms with Gasteiger partial charge in [-0.2, -0.15) is 0 Å². The molecule has 0 unspecified atom stereocenters. The molecule has 0 atom stereocenters. The minimum absolute atomic E-state index is 0.0400. The molecule has 1 aliphatic carbocycles. The highest BCUT2D eigenvalue weighted by molar-refractivity contribution is 5.94. The van der Waals surface area contributed by atoms with Gasteiger partial charge in [0.15, 0.2) is 0 Å². The van der Waals surface area contributed by atoms with Gasteiger partial charge in [-0.05, 0) is 63.4 Å². The van der Waals surface area contributed by atoms with Crippen molar-refractivity contribution in [2.24, 2.45) is 0 Å². The maximum atomic E-state index is 13.3. The fraction of sp³-hybridized carbons (Fsp3) is 0.500. The van der Waals surface area contributed by atoms with Gasteiger partial charge < -0.3 is 25.1 Å². The van der Waals surface area contributed by atoms with Crippen LogP contribution in [0.3, 0.4) is 0 Å². The number of aromatic amines is 2. The van der Waals surface area contributed by atoms with Crippen LogP contribution in [-0.4, -0.2) is 61.3 Å². The van der Waals surface area contributed by atoms with Crippen LogP contribution in [0.15, 0.2) is 49.1 Å². The number of hydrogen-bond acceptors (Lipinski definition) is 5. The number of carbonyl (C=O) groups excluding carboxylic acids is 1. The Morgan fingerprint density at radius 2 is 1.62 bits per heavy atom. The summed E-state index contributed by atoms with van der Waals surface area (Å²) in [6.45, 7) is 5.06. The summed E-state index contributed by atoms with van der Waals surface area (Å²) in [5.41, 5.74) is 1.87. The molecule has 3 aromatic rings. The lowest BCUT2D eigenvalue weighted by Crippen LogP contribution is -2.40. The summed E-state index contributed by atoms with van der Waals surface area (Å²) in [6, 6.07) is 9.26. The van der Waals surface area contributed by atoms with E-state index >= 15 is 0 Å². The van der Waals surface area contributed by atoms with E-state index in [-0.39, 0.29) is 5.91 Å². The van der Waals surface area contributed by atoms with Crippen LogP contribution in [-0.2, 0) is 19.6 Å². The molecule has 34 heavy (non-hydrogen) atoms. The van der Waals surface area contributed by atoms with Crippen molar-refractivity contribution >= 4 is 5.91 Å². The second kappa shape index (κ2) is 11.9. The van der Waals surface area contributed by atoms with Crippen LogP contribution in [0.4, 0.5) is 0 Å². The van der Waals surface area contributed by atoms with Gasteiger partial charge in [-0.3, -0.25) is 4.79 Å². The number of carbonyl (C=O) groups is 1. The fourth-order valence-electron chi connectivity index (χ4n) is 4.80. The molecule has 0 bridgehead atoms. The Bertz CT molecular complexity index is 941. The van der Waals surface area contributed by atoms with E-state index in [0.717, 1.165) is 24.2 Å². The first kappa shape index (κ1) is 24.2. The van der Waals surface area contributed by atoms with Gasteiger partial charge in [-0.15, -0.1) is 0 Å². The summed E-state index contributed by atoms with van der Waals surface area (Å²) < 4.78 is 0. The lowest BCUT2D eigenvalue weighted by Gasteiger charge is -2.35. The topological polar surface area (TPSA) is 92.9 Å². The van der Waals surface area contributed by atoms with Crippen molar-refractivity contribution in [3.8, 4) is 0 Å². The Morgan fingerprint density at radius 1 is 1.00 bits per heavy atom. The maximum Gasteiger partial charge on any atom is 0.254 e. The quantitative estimate of drug-likeness (QED) is 0.403. The fourth-order valence-corrected chi connectivity index (χ4v) is 4.80. The van der Waals surface area contributed by atoms with Crippen LogP contribution >= 0.6 is 0 Å². The molecule has 2 aromatic heterocycles. The number of rotatable bonds is 11. The van der Waals surface area contributed by atoms with E-state index in [0.29, 0.717) is 24.7 Å². The predicted molar refractivity (Wildman–Crippen MR) is 133 cm³/mol. The third-order valence-electron chi connectivity index (χ3n) is 6.77. The van der Waals surface area contributed by atoms with Crippen LogP contribution < -0.4 is 5.32 Å². The summed E-state index contributed by atoms with van der Waals surface area (Å²) in [6.07, 6.45) is 13.1. The van der Waals surface area contributed by atoms with Crippen LogP contribution in [0.5, 0.6) is 0 Å². The van der Waals surface area contributed by atoms with Crippen molar-refractivity contribution in [3.05, 3.63) is 71.8 Å². The minimum atomic E-state index is -0.0400. The summed E-state index contributed by atoms with van der Waals surface area (Å²) >= 11 is 0. The number of imidazole rings is 2.